The summed E-state index contributed by atoms with van der Waals surface area (Å²) in [6.07, 6.45) is 0. The molecule has 2 rings (SSSR count). The number of nitrogens with one attached hydrogen (secondary N) is 1. The van der Waals surface area contributed by atoms with Gasteiger partial charge in [-0.05, 0) is 18.2 Å². The van der Waals surface area contributed by atoms with Crippen LogP contribution >= 0.6 is 0 Å². The lowest BCUT2D eigenvalue weighted by Crippen LogP contribution is -2.18. The maximum atomic E-state index is 13.4. The predicted octanol–water partition coefficient (Wildman–Crippen LogP) is 1.27. The summed E-state index contributed by atoms with van der Waals surface area (Å²) in [5.74, 6) is -1.92. The second kappa shape index (κ2) is 4.17. The molecule has 0 unspecified atom stereocenters. The standard InChI is InChI=1S/C11H7FN2O3/c12-8-4-2-1-3-6(8)9-5-7(11(16)17)10(15)14-13-9/h1-5H,(H,14,15)(H,16,17). The van der Waals surface area contributed by atoms with Gasteiger partial charge in [0.05, 0.1) is 5.69 Å². The van der Waals surface area contributed by atoms with Crippen molar-refractivity contribution in [2.45, 2.75) is 0 Å². The van der Waals surface area contributed by atoms with Crippen molar-refractivity contribution in [3.8, 4) is 11.3 Å². The maximum absolute atomic E-state index is 13.4. The van der Waals surface area contributed by atoms with Crippen LogP contribution in [-0.2, 0) is 0 Å². The summed E-state index contributed by atoms with van der Waals surface area (Å²) in [6.45, 7) is 0. The molecule has 0 fully saturated rings. The summed E-state index contributed by atoms with van der Waals surface area (Å²) in [4.78, 5) is 21.9. The van der Waals surface area contributed by atoms with Gasteiger partial charge in [-0.2, -0.15) is 5.10 Å². The first-order valence-electron chi connectivity index (χ1n) is 4.67. The fourth-order valence-corrected chi connectivity index (χ4v) is 1.37. The zero-order valence-electron chi connectivity index (χ0n) is 8.48. The number of H-pyrrole nitrogens is 1. The number of rotatable bonds is 2. The zero-order chi connectivity index (χ0) is 12.4. The fraction of sp³-hybridized carbons (Fsp3) is 0. The highest BCUT2D eigenvalue weighted by Crippen LogP contribution is 2.19. The van der Waals surface area contributed by atoms with Crippen molar-refractivity contribution in [1.82, 2.24) is 10.2 Å². The first-order valence-corrected chi connectivity index (χ1v) is 4.67. The van der Waals surface area contributed by atoms with Crippen molar-refractivity contribution in [3.63, 3.8) is 0 Å². The van der Waals surface area contributed by atoms with Crippen LogP contribution in [0.5, 0.6) is 0 Å². The molecule has 6 heteroatoms. The first kappa shape index (κ1) is 11.0. The lowest BCUT2D eigenvalue weighted by molar-refractivity contribution is 0.0694. The number of hydrogen-bond donors (Lipinski definition) is 2. The van der Waals surface area contributed by atoms with Crippen molar-refractivity contribution in [2.24, 2.45) is 0 Å². The van der Waals surface area contributed by atoms with Gasteiger partial charge in [0.15, 0.2) is 0 Å². The Hall–Kier alpha value is -2.50. The number of aromatic carboxylic acids is 1. The number of carboxylic acids is 1. The molecule has 17 heavy (non-hydrogen) atoms. The molecule has 0 aliphatic rings. The highest BCUT2D eigenvalue weighted by molar-refractivity contribution is 5.88. The van der Waals surface area contributed by atoms with E-state index < -0.39 is 22.9 Å². The minimum atomic E-state index is -1.38. The fourth-order valence-electron chi connectivity index (χ4n) is 1.37. The van der Waals surface area contributed by atoms with E-state index in [-0.39, 0.29) is 11.3 Å². The molecular weight excluding hydrogens is 227 g/mol. The van der Waals surface area contributed by atoms with E-state index in [4.69, 9.17) is 5.11 Å². The van der Waals surface area contributed by atoms with Crippen LogP contribution in [-0.4, -0.2) is 21.3 Å². The van der Waals surface area contributed by atoms with Gasteiger partial charge in [-0.15, -0.1) is 0 Å². The van der Waals surface area contributed by atoms with Crippen LogP contribution in [0.3, 0.4) is 0 Å². The van der Waals surface area contributed by atoms with Crippen LogP contribution < -0.4 is 5.56 Å². The zero-order valence-corrected chi connectivity index (χ0v) is 8.48. The highest BCUT2D eigenvalue weighted by atomic mass is 19.1. The van der Waals surface area contributed by atoms with E-state index in [0.29, 0.717) is 0 Å². The number of hydrogen-bond acceptors (Lipinski definition) is 3. The monoisotopic (exact) mass is 234 g/mol. The second-order valence-electron chi connectivity index (χ2n) is 3.28. The van der Waals surface area contributed by atoms with E-state index >= 15 is 0 Å². The Bertz CT molecular complexity index is 637. The minimum Gasteiger partial charge on any atom is -0.477 e. The van der Waals surface area contributed by atoms with E-state index in [1.165, 1.54) is 18.2 Å². The van der Waals surface area contributed by atoms with Crippen LogP contribution in [0.15, 0.2) is 35.1 Å². The van der Waals surface area contributed by atoms with Gasteiger partial charge in [-0.1, -0.05) is 12.1 Å². The van der Waals surface area contributed by atoms with Gasteiger partial charge in [0.2, 0.25) is 0 Å². The largest absolute Gasteiger partial charge is 0.477 e. The minimum absolute atomic E-state index is 0.0695. The third kappa shape index (κ3) is 2.05. The molecule has 0 aliphatic heterocycles. The molecule has 1 heterocycles. The van der Waals surface area contributed by atoms with Crippen LogP contribution in [0.2, 0.25) is 0 Å². The number of halogens is 1. The maximum Gasteiger partial charge on any atom is 0.341 e. The molecule has 5 nitrogen and oxygen atoms in total. The molecule has 86 valence electrons. The molecule has 1 aromatic heterocycles. The summed E-state index contributed by atoms with van der Waals surface area (Å²) in [7, 11) is 0. The summed E-state index contributed by atoms with van der Waals surface area (Å²) < 4.78 is 13.4. The molecule has 0 saturated carbocycles. The van der Waals surface area contributed by atoms with Gasteiger partial charge in [0.25, 0.3) is 5.56 Å². The molecule has 0 aliphatic carbocycles. The third-order valence-electron chi connectivity index (χ3n) is 2.18. The molecule has 0 bridgehead atoms. The Morgan fingerprint density at radius 3 is 2.71 bits per heavy atom. The molecule has 0 spiro atoms. The molecule has 0 atom stereocenters. The van der Waals surface area contributed by atoms with E-state index in [2.05, 4.69) is 5.10 Å². The Kier molecular flexibility index (Phi) is 2.70. The topological polar surface area (TPSA) is 83.0 Å². The normalized spacial score (nSPS) is 10.2. The van der Waals surface area contributed by atoms with Gasteiger partial charge < -0.3 is 5.11 Å². The Balaban J connectivity index is 2.62. The van der Waals surface area contributed by atoms with Crippen molar-refractivity contribution < 1.29 is 14.3 Å². The van der Waals surface area contributed by atoms with Crippen LogP contribution in [0.25, 0.3) is 11.3 Å². The number of nitrogens with zero attached hydrogens (tertiary/aromatic N) is 1. The summed E-state index contributed by atoms with van der Waals surface area (Å²) in [6, 6.07) is 6.80. The van der Waals surface area contributed by atoms with Gasteiger partial charge in [-0.25, -0.2) is 14.3 Å². The van der Waals surface area contributed by atoms with Crippen molar-refractivity contribution in [2.75, 3.05) is 0 Å². The quantitative estimate of drug-likeness (QED) is 0.819. The molecule has 0 amide bonds. The average molecular weight is 234 g/mol. The van der Waals surface area contributed by atoms with Crippen molar-refractivity contribution in [1.29, 1.82) is 0 Å². The van der Waals surface area contributed by atoms with Crippen molar-refractivity contribution in [3.05, 3.63) is 52.1 Å². The lowest BCUT2D eigenvalue weighted by Gasteiger charge is -2.02. The van der Waals surface area contributed by atoms with E-state index in [0.717, 1.165) is 6.07 Å². The van der Waals surface area contributed by atoms with E-state index in [9.17, 15) is 14.0 Å². The number of carbonyl (C=O) groups is 1. The molecular formula is C11H7FN2O3. The van der Waals surface area contributed by atoms with E-state index in [1.807, 2.05) is 5.10 Å². The third-order valence-corrected chi connectivity index (χ3v) is 2.18. The summed E-state index contributed by atoms with van der Waals surface area (Å²) >= 11 is 0. The van der Waals surface area contributed by atoms with Gasteiger partial charge in [0.1, 0.15) is 11.4 Å². The number of benzene rings is 1. The molecule has 2 N–H and O–H groups in total. The van der Waals surface area contributed by atoms with Crippen LogP contribution in [0.1, 0.15) is 10.4 Å². The van der Waals surface area contributed by atoms with Crippen LogP contribution in [0.4, 0.5) is 4.39 Å². The van der Waals surface area contributed by atoms with Gasteiger partial charge >= 0.3 is 5.97 Å². The Morgan fingerprint density at radius 2 is 2.06 bits per heavy atom. The molecule has 1 aromatic carbocycles. The molecule has 0 radical (unpaired) electrons. The number of aromatic amines is 1. The summed E-state index contributed by atoms with van der Waals surface area (Å²) in [5, 5.41) is 14.4. The average Bonchev–Trinajstić information content (AvgIpc) is 2.30. The second-order valence-corrected chi connectivity index (χ2v) is 3.28. The Labute approximate surface area is 94.5 Å². The predicted molar refractivity (Wildman–Crippen MR) is 57.2 cm³/mol. The van der Waals surface area contributed by atoms with E-state index in [1.54, 1.807) is 6.07 Å². The summed E-state index contributed by atoms with van der Waals surface area (Å²) in [5.41, 5.74) is -1.10. The van der Waals surface area contributed by atoms with Gasteiger partial charge in [0, 0.05) is 5.56 Å². The highest BCUT2D eigenvalue weighted by Gasteiger charge is 2.13. The lowest BCUT2D eigenvalue weighted by atomic mass is 10.1. The first-order chi connectivity index (χ1) is 8.09. The smallest absolute Gasteiger partial charge is 0.341 e. The Morgan fingerprint density at radius 1 is 1.35 bits per heavy atom. The molecule has 0 saturated heterocycles. The van der Waals surface area contributed by atoms with Gasteiger partial charge in [-0.3, -0.25) is 4.79 Å². The van der Waals surface area contributed by atoms with Crippen molar-refractivity contribution >= 4 is 5.97 Å². The SMILES string of the molecule is O=C(O)c1cc(-c2ccccc2F)n[nH]c1=O. The van der Waals surface area contributed by atoms with Crippen LogP contribution in [0, 0.1) is 5.82 Å². The number of aromatic nitrogens is 2. The number of carboxylic acid groups (broad SMARTS) is 1. The molecule has 2 aromatic rings.